The Labute approximate surface area is 151 Å². The van der Waals surface area contributed by atoms with Gasteiger partial charge in [0.2, 0.25) is 5.91 Å². The molecule has 2 aromatic rings. The van der Waals surface area contributed by atoms with Crippen molar-refractivity contribution in [1.82, 2.24) is 30.9 Å². The summed E-state index contributed by atoms with van der Waals surface area (Å²) in [5, 5.41) is 17.7. The highest BCUT2D eigenvalue weighted by molar-refractivity contribution is 6.30. The van der Waals surface area contributed by atoms with E-state index >= 15 is 0 Å². The van der Waals surface area contributed by atoms with Crippen LogP contribution in [0.2, 0.25) is 5.02 Å². The van der Waals surface area contributed by atoms with Gasteiger partial charge in [-0.25, -0.2) is 4.98 Å². The highest BCUT2D eigenvalue weighted by Gasteiger charge is 2.28. The minimum absolute atomic E-state index is 0.00481. The fourth-order valence-corrected chi connectivity index (χ4v) is 3.20. The summed E-state index contributed by atoms with van der Waals surface area (Å²) >= 11 is 5.88. The van der Waals surface area contributed by atoms with Gasteiger partial charge >= 0.3 is 0 Å². The second kappa shape index (κ2) is 8.24. The van der Waals surface area contributed by atoms with Crippen molar-refractivity contribution in [2.24, 2.45) is 5.92 Å². The van der Waals surface area contributed by atoms with E-state index < -0.39 is 0 Å². The Kier molecular flexibility index (Phi) is 5.80. The smallest absolute Gasteiger partial charge is 0.223 e. The number of halogens is 1. The van der Waals surface area contributed by atoms with Gasteiger partial charge in [-0.1, -0.05) is 30.2 Å². The van der Waals surface area contributed by atoms with Crippen LogP contribution in [0.25, 0.3) is 0 Å². The summed E-state index contributed by atoms with van der Waals surface area (Å²) in [5.41, 5.74) is 0. The van der Waals surface area contributed by atoms with Crippen molar-refractivity contribution in [2.45, 2.75) is 38.6 Å². The largest absolute Gasteiger partial charge is 0.357 e. The molecule has 9 heteroatoms. The van der Waals surface area contributed by atoms with Crippen LogP contribution in [0.1, 0.15) is 44.5 Å². The first kappa shape index (κ1) is 17.6. The Bertz CT molecular complexity index is 668. The number of carbonyl (C=O) groups is 1. The van der Waals surface area contributed by atoms with Crippen LogP contribution < -0.4 is 10.2 Å². The fourth-order valence-electron chi connectivity index (χ4n) is 3.09. The number of aromatic nitrogens is 5. The van der Waals surface area contributed by atoms with Crippen LogP contribution in [0.3, 0.4) is 0 Å². The van der Waals surface area contributed by atoms with E-state index in [1.165, 1.54) is 0 Å². The molecule has 0 saturated carbocycles. The lowest BCUT2D eigenvalue weighted by Crippen LogP contribution is -2.42. The minimum Gasteiger partial charge on any atom is -0.357 e. The lowest BCUT2D eigenvalue weighted by atomic mass is 9.95. The number of carbonyl (C=O) groups excluding carboxylic acids is 1. The standard InChI is InChI=1S/C16H22ClN7O/c1-2-3-13(15-20-22-23-21-15)19-16(25)11-6-8-24(9-7-11)14-5-4-12(17)10-18-14/h4-5,10-11,13H,2-3,6-9H2,1H3,(H,19,25)(H,20,21,22,23). The van der Waals surface area contributed by atoms with Gasteiger partial charge in [-0.3, -0.25) is 4.79 Å². The summed E-state index contributed by atoms with van der Waals surface area (Å²) in [7, 11) is 0. The maximum Gasteiger partial charge on any atom is 0.223 e. The van der Waals surface area contributed by atoms with Crippen molar-refractivity contribution >= 4 is 23.3 Å². The van der Waals surface area contributed by atoms with Crippen molar-refractivity contribution in [3.8, 4) is 0 Å². The van der Waals surface area contributed by atoms with E-state index in [0.29, 0.717) is 10.8 Å². The Morgan fingerprint density at radius 3 is 2.84 bits per heavy atom. The zero-order valence-corrected chi connectivity index (χ0v) is 14.9. The van der Waals surface area contributed by atoms with E-state index in [9.17, 15) is 4.79 Å². The second-order valence-corrected chi connectivity index (χ2v) is 6.65. The van der Waals surface area contributed by atoms with Crippen molar-refractivity contribution < 1.29 is 4.79 Å². The van der Waals surface area contributed by atoms with Gasteiger partial charge in [0, 0.05) is 25.2 Å². The molecule has 3 rings (SSSR count). The predicted molar refractivity (Wildman–Crippen MR) is 94.2 cm³/mol. The van der Waals surface area contributed by atoms with E-state index in [0.717, 1.165) is 44.6 Å². The average Bonchev–Trinajstić information content (AvgIpc) is 3.17. The van der Waals surface area contributed by atoms with Crippen LogP contribution in [0, 0.1) is 5.92 Å². The first-order valence-electron chi connectivity index (χ1n) is 8.57. The van der Waals surface area contributed by atoms with Gasteiger partial charge in [0.1, 0.15) is 5.82 Å². The Morgan fingerprint density at radius 1 is 1.44 bits per heavy atom. The number of aromatic amines is 1. The Morgan fingerprint density at radius 2 is 2.24 bits per heavy atom. The average molecular weight is 364 g/mol. The molecule has 1 unspecified atom stereocenters. The van der Waals surface area contributed by atoms with Gasteiger partial charge in [0.15, 0.2) is 5.82 Å². The third-order valence-electron chi connectivity index (χ3n) is 4.47. The summed E-state index contributed by atoms with van der Waals surface area (Å²) in [4.78, 5) is 19.1. The molecule has 1 saturated heterocycles. The number of tetrazole rings is 1. The number of hydrogen-bond acceptors (Lipinski definition) is 6. The van der Waals surface area contributed by atoms with Gasteiger partial charge in [-0.15, -0.1) is 10.2 Å². The van der Waals surface area contributed by atoms with Crippen LogP contribution in [-0.4, -0.2) is 44.6 Å². The van der Waals surface area contributed by atoms with E-state index in [4.69, 9.17) is 11.6 Å². The fraction of sp³-hybridized carbons (Fsp3) is 0.562. The SMILES string of the molecule is CCCC(NC(=O)C1CCN(c2ccc(Cl)cn2)CC1)c1nn[nH]n1. The van der Waals surface area contributed by atoms with E-state index in [2.05, 4.69) is 42.7 Å². The molecule has 3 heterocycles. The molecule has 0 aliphatic carbocycles. The maximum absolute atomic E-state index is 12.6. The summed E-state index contributed by atoms with van der Waals surface area (Å²) in [5.74, 6) is 1.50. The quantitative estimate of drug-likeness (QED) is 0.815. The molecule has 0 radical (unpaired) electrons. The zero-order valence-electron chi connectivity index (χ0n) is 14.2. The van der Waals surface area contributed by atoms with Crippen LogP contribution in [-0.2, 0) is 4.79 Å². The molecule has 25 heavy (non-hydrogen) atoms. The summed E-state index contributed by atoms with van der Waals surface area (Å²) in [6.45, 7) is 3.66. The molecule has 134 valence electrons. The number of nitrogens with one attached hydrogen (secondary N) is 2. The van der Waals surface area contributed by atoms with Gasteiger partial charge in [0.05, 0.1) is 11.1 Å². The highest BCUT2D eigenvalue weighted by atomic mass is 35.5. The van der Waals surface area contributed by atoms with Gasteiger partial charge in [0.25, 0.3) is 0 Å². The van der Waals surface area contributed by atoms with Gasteiger partial charge in [-0.2, -0.15) is 5.21 Å². The van der Waals surface area contributed by atoms with Crippen LogP contribution in [0.5, 0.6) is 0 Å². The van der Waals surface area contributed by atoms with Crippen LogP contribution in [0.15, 0.2) is 18.3 Å². The predicted octanol–water partition coefficient (Wildman–Crippen LogP) is 2.12. The maximum atomic E-state index is 12.6. The molecule has 2 aromatic heterocycles. The number of H-pyrrole nitrogens is 1. The topological polar surface area (TPSA) is 99.7 Å². The van der Waals surface area contributed by atoms with Crippen molar-refractivity contribution in [3.63, 3.8) is 0 Å². The molecule has 1 atom stereocenters. The number of rotatable bonds is 6. The molecular formula is C16H22ClN7O. The van der Waals surface area contributed by atoms with Crippen molar-refractivity contribution in [2.75, 3.05) is 18.0 Å². The number of hydrogen-bond donors (Lipinski definition) is 2. The first-order chi connectivity index (χ1) is 12.2. The minimum atomic E-state index is -0.188. The summed E-state index contributed by atoms with van der Waals surface area (Å²) in [6, 6.07) is 3.56. The van der Waals surface area contributed by atoms with E-state index in [1.54, 1.807) is 6.20 Å². The number of amides is 1. The monoisotopic (exact) mass is 363 g/mol. The van der Waals surface area contributed by atoms with Crippen LogP contribution >= 0.6 is 11.6 Å². The number of piperidine rings is 1. The molecule has 1 amide bonds. The third kappa shape index (κ3) is 4.45. The highest BCUT2D eigenvalue weighted by Crippen LogP contribution is 2.24. The van der Waals surface area contributed by atoms with Crippen molar-refractivity contribution in [3.05, 3.63) is 29.2 Å². The Hall–Kier alpha value is -2.22. The molecule has 0 bridgehead atoms. The van der Waals surface area contributed by atoms with E-state index in [1.807, 2.05) is 12.1 Å². The summed E-state index contributed by atoms with van der Waals surface area (Å²) < 4.78 is 0. The molecule has 2 N–H and O–H groups in total. The zero-order chi connectivity index (χ0) is 17.6. The molecule has 0 spiro atoms. The second-order valence-electron chi connectivity index (χ2n) is 6.22. The van der Waals surface area contributed by atoms with Crippen molar-refractivity contribution in [1.29, 1.82) is 0 Å². The molecule has 1 fully saturated rings. The van der Waals surface area contributed by atoms with Gasteiger partial charge in [-0.05, 0) is 31.4 Å². The number of pyridine rings is 1. The Balaban J connectivity index is 1.55. The normalized spacial score (nSPS) is 16.6. The molecule has 8 nitrogen and oxygen atoms in total. The lowest BCUT2D eigenvalue weighted by molar-refractivity contribution is -0.126. The molecule has 1 aliphatic heterocycles. The summed E-state index contributed by atoms with van der Waals surface area (Å²) in [6.07, 6.45) is 4.96. The van der Waals surface area contributed by atoms with E-state index in [-0.39, 0.29) is 17.9 Å². The van der Waals surface area contributed by atoms with Gasteiger partial charge < -0.3 is 10.2 Å². The molecular weight excluding hydrogens is 342 g/mol. The lowest BCUT2D eigenvalue weighted by Gasteiger charge is -2.32. The molecule has 0 aromatic carbocycles. The third-order valence-corrected chi connectivity index (χ3v) is 4.69. The van der Waals surface area contributed by atoms with Crippen LogP contribution in [0.4, 0.5) is 5.82 Å². The number of nitrogens with zero attached hydrogens (tertiary/aromatic N) is 5. The first-order valence-corrected chi connectivity index (χ1v) is 8.95. The number of anilines is 1. The molecule has 1 aliphatic rings.